The smallest absolute Gasteiger partial charge is 0.212 e. The highest BCUT2D eigenvalue weighted by Crippen LogP contribution is 2.20. The molecule has 1 heterocycles. The Kier molecular flexibility index (Phi) is 4.23. The summed E-state index contributed by atoms with van der Waals surface area (Å²) in [4.78, 5) is 0. The van der Waals surface area contributed by atoms with Crippen LogP contribution in [0.25, 0.3) is 0 Å². The van der Waals surface area contributed by atoms with Crippen molar-refractivity contribution in [1.82, 2.24) is 4.31 Å². The van der Waals surface area contributed by atoms with Crippen molar-refractivity contribution in [2.75, 3.05) is 13.1 Å². The van der Waals surface area contributed by atoms with Gasteiger partial charge in [0.05, 0.1) is 17.4 Å². The average Bonchev–Trinajstić information content (AvgIpc) is 2.39. The molecule has 0 bridgehead atoms. The van der Waals surface area contributed by atoms with Crippen LogP contribution >= 0.6 is 0 Å². The molecule has 0 saturated carbocycles. The van der Waals surface area contributed by atoms with Crippen molar-refractivity contribution in [3.63, 3.8) is 0 Å². The number of piperidine rings is 1. The summed E-state index contributed by atoms with van der Waals surface area (Å²) in [6.07, 6.45) is 2.04. The lowest BCUT2D eigenvalue weighted by Gasteiger charge is -2.30. The Morgan fingerprint density at radius 1 is 1.37 bits per heavy atom. The van der Waals surface area contributed by atoms with Crippen LogP contribution < -0.4 is 0 Å². The Labute approximate surface area is 114 Å². The maximum Gasteiger partial charge on any atom is 0.218 e. The Bertz CT molecular complexity index is 572. The van der Waals surface area contributed by atoms with Crippen molar-refractivity contribution >= 4 is 10.0 Å². The number of nitrogens with zero attached hydrogens (tertiary/aromatic N) is 2. The standard InChI is InChI=1S/C14H18N2O2S/c1-12-3-2-8-16(10-12)19(17,18)11-14-6-4-13(9-15)5-7-14/h4-7,12H,2-3,8,10-11H2,1H3. The van der Waals surface area contributed by atoms with E-state index in [0.717, 1.165) is 18.4 Å². The van der Waals surface area contributed by atoms with Crippen molar-refractivity contribution in [3.8, 4) is 6.07 Å². The minimum Gasteiger partial charge on any atom is -0.212 e. The molecule has 1 aromatic carbocycles. The Hall–Kier alpha value is -1.38. The van der Waals surface area contributed by atoms with E-state index in [9.17, 15) is 8.42 Å². The first-order chi connectivity index (χ1) is 9.01. The zero-order valence-electron chi connectivity index (χ0n) is 11.0. The molecule has 1 aromatic rings. The average molecular weight is 278 g/mol. The fourth-order valence-electron chi connectivity index (χ4n) is 2.38. The maximum absolute atomic E-state index is 12.3. The first kappa shape index (κ1) is 14.0. The van der Waals surface area contributed by atoms with E-state index in [4.69, 9.17) is 5.26 Å². The summed E-state index contributed by atoms with van der Waals surface area (Å²) in [6.45, 7) is 3.34. The molecule has 0 aromatic heterocycles. The highest BCUT2D eigenvalue weighted by Gasteiger charge is 2.27. The van der Waals surface area contributed by atoms with E-state index in [1.54, 1.807) is 28.6 Å². The molecule has 1 aliphatic heterocycles. The first-order valence-corrected chi connectivity index (χ1v) is 8.09. The zero-order valence-corrected chi connectivity index (χ0v) is 11.9. The van der Waals surface area contributed by atoms with Gasteiger partial charge in [0, 0.05) is 13.1 Å². The van der Waals surface area contributed by atoms with Gasteiger partial charge in [-0.05, 0) is 36.5 Å². The van der Waals surface area contributed by atoms with Crippen LogP contribution in [0.3, 0.4) is 0 Å². The van der Waals surface area contributed by atoms with Crippen molar-refractivity contribution in [2.45, 2.75) is 25.5 Å². The molecule has 0 aliphatic carbocycles. The Morgan fingerprint density at radius 2 is 2.05 bits per heavy atom. The van der Waals surface area contributed by atoms with Gasteiger partial charge in [0.25, 0.3) is 0 Å². The number of nitriles is 1. The Balaban J connectivity index is 2.09. The summed E-state index contributed by atoms with van der Waals surface area (Å²) in [5.74, 6) is 0.454. The summed E-state index contributed by atoms with van der Waals surface area (Å²) in [6, 6.07) is 8.76. The molecule has 102 valence electrons. The van der Waals surface area contributed by atoms with Crippen LogP contribution in [0.15, 0.2) is 24.3 Å². The third-order valence-electron chi connectivity index (χ3n) is 3.45. The van der Waals surface area contributed by atoms with Gasteiger partial charge in [0.1, 0.15) is 0 Å². The fraction of sp³-hybridized carbons (Fsp3) is 0.500. The van der Waals surface area contributed by atoms with Gasteiger partial charge in [-0.25, -0.2) is 12.7 Å². The van der Waals surface area contributed by atoms with Crippen LogP contribution in [0.1, 0.15) is 30.9 Å². The second-order valence-electron chi connectivity index (χ2n) is 5.17. The summed E-state index contributed by atoms with van der Waals surface area (Å²) < 4.78 is 26.2. The van der Waals surface area contributed by atoms with Gasteiger partial charge in [0.2, 0.25) is 10.0 Å². The molecule has 0 radical (unpaired) electrons. The van der Waals surface area contributed by atoms with E-state index in [-0.39, 0.29) is 5.75 Å². The van der Waals surface area contributed by atoms with Crippen LogP contribution in [0.4, 0.5) is 0 Å². The molecule has 2 rings (SSSR count). The third kappa shape index (κ3) is 3.55. The van der Waals surface area contributed by atoms with Crippen LogP contribution in [0.2, 0.25) is 0 Å². The van der Waals surface area contributed by atoms with Crippen LogP contribution in [0.5, 0.6) is 0 Å². The Morgan fingerprint density at radius 3 is 2.63 bits per heavy atom. The summed E-state index contributed by atoms with van der Waals surface area (Å²) in [5, 5.41) is 8.72. The molecule has 1 unspecified atom stereocenters. The van der Waals surface area contributed by atoms with Crippen molar-refractivity contribution < 1.29 is 8.42 Å². The molecule has 5 heteroatoms. The van der Waals surface area contributed by atoms with E-state index in [0.29, 0.717) is 24.6 Å². The van der Waals surface area contributed by atoms with Gasteiger partial charge >= 0.3 is 0 Å². The largest absolute Gasteiger partial charge is 0.218 e. The quantitative estimate of drug-likeness (QED) is 0.851. The SMILES string of the molecule is CC1CCCN(S(=O)(=O)Cc2ccc(C#N)cc2)C1. The topological polar surface area (TPSA) is 61.2 Å². The minimum absolute atomic E-state index is 0.0193. The predicted octanol–water partition coefficient (Wildman–Crippen LogP) is 2.12. The molecule has 4 nitrogen and oxygen atoms in total. The van der Waals surface area contributed by atoms with Gasteiger partial charge in [-0.2, -0.15) is 5.26 Å². The lowest BCUT2D eigenvalue weighted by molar-refractivity contribution is 0.281. The van der Waals surface area contributed by atoms with E-state index < -0.39 is 10.0 Å². The second kappa shape index (κ2) is 5.72. The van der Waals surface area contributed by atoms with E-state index in [1.165, 1.54) is 0 Å². The van der Waals surface area contributed by atoms with Crippen molar-refractivity contribution in [3.05, 3.63) is 35.4 Å². The molecule has 0 N–H and O–H groups in total. The molecule has 0 amide bonds. The highest BCUT2D eigenvalue weighted by atomic mass is 32.2. The monoisotopic (exact) mass is 278 g/mol. The summed E-state index contributed by atoms with van der Waals surface area (Å²) in [7, 11) is -3.24. The predicted molar refractivity (Wildman–Crippen MR) is 73.8 cm³/mol. The van der Waals surface area contributed by atoms with E-state index in [1.807, 2.05) is 6.07 Å². The number of benzene rings is 1. The van der Waals surface area contributed by atoms with Crippen LogP contribution in [-0.2, 0) is 15.8 Å². The molecule has 1 atom stereocenters. The molecular weight excluding hydrogens is 260 g/mol. The van der Waals surface area contributed by atoms with Gasteiger partial charge in [-0.1, -0.05) is 19.1 Å². The maximum atomic E-state index is 12.3. The summed E-state index contributed by atoms with van der Waals surface area (Å²) in [5.41, 5.74) is 1.28. The molecule has 19 heavy (non-hydrogen) atoms. The van der Waals surface area contributed by atoms with Gasteiger partial charge in [-0.3, -0.25) is 0 Å². The van der Waals surface area contributed by atoms with E-state index >= 15 is 0 Å². The van der Waals surface area contributed by atoms with Crippen LogP contribution in [-0.4, -0.2) is 25.8 Å². The number of rotatable bonds is 3. The van der Waals surface area contributed by atoms with Crippen LogP contribution in [0, 0.1) is 17.2 Å². The molecule has 1 aliphatic rings. The summed E-state index contributed by atoms with van der Waals surface area (Å²) >= 11 is 0. The first-order valence-electron chi connectivity index (χ1n) is 6.48. The number of hydrogen-bond donors (Lipinski definition) is 0. The van der Waals surface area contributed by atoms with Gasteiger partial charge in [0.15, 0.2) is 0 Å². The number of hydrogen-bond acceptors (Lipinski definition) is 3. The fourth-order valence-corrected chi connectivity index (χ4v) is 4.06. The zero-order chi connectivity index (χ0) is 13.9. The lowest BCUT2D eigenvalue weighted by Crippen LogP contribution is -2.39. The van der Waals surface area contributed by atoms with Gasteiger partial charge in [-0.15, -0.1) is 0 Å². The second-order valence-corrected chi connectivity index (χ2v) is 7.14. The number of sulfonamides is 1. The van der Waals surface area contributed by atoms with E-state index in [2.05, 4.69) is 6.92 Å². The van der Waals surface area contributed by atoms with Crippen molar-refractivity contribution in [2.24, 2.45) is 5.92 Å². The van der Waals surface area contributed by atoms with Crippen molar-refractivity contribution in [1.29, 1.82) is 5.26 Å². The molecule has 0 spiro atoms. The lowest BCUT2D eigenvalue weighted by atomic mass is 10.0. The third-order valence-corrected chi connectivity index (χ3v) is 5.26. The molecular formula is C14H18N2O2S. The molecule has 1 fully saturated rings. The highest BCUT2D eigenvalue weighted by molar-refractivity contribution is 7.88. The normalized spacial score (nSPS) is 20.9. The van der Waals surface area contributed by atoms with Gasteiger partial charge < -0.3 is 0 Å². The minimum atomic E-state index is -3.24. The molecule has 1 saturated heterocycles.